The third-order valence-corrected chi connectivity index (χ3v) is 15.8. The van der Waals surface area contributed by atoms with Crippen molar-refractivity contribution >= 4 is 111 Å². The van der Waals surface area contributed by atoms with Gasteiger partial charge >= 0.3 is 144 Å². The molecule has 0 atom stereocenters. The number of methoxy groups -OCH3 is 2. The van der Waals surface area contributed by atoms with Gasteiger partial charge in [0.2, 0.25) is 28.6 Å². The van der Waals surface area contributed by atoms with E-state index in [0.717, 1.165) is 43.8 Å². The number of benzene rings is 12. The number of amides is 2. The van der Waals surface area contributed by atoms with E-state index in [4.69, 9.17) is 49.3 Å². The van der Waals surface area contributed by atoms with Crippen LogP contribution in [-0.2, 0) is 35.9 Å². The number of halogens is 10. The Morgan fingerprint density at radius 2 is 0.847 bits per heavy atom. The molecule has 0 aliphatic heterocycles. The second kappa shape index (κ2) is 60.0. The molecule has 118 heavy (non-hydrogen) atoms. The molecule has 2 amide bonds. The van der Waals surface area contributed by atoms with Crippen LogP contribution in [0, 0.1) is 55.1 Å². The Labute approximate surface area is 815 Å². The second-order valence-corrected chi connectivity index (χ2v) is 25.0. The first-order chi connectivity index (χ1) is 55.0. The number of nitrogens with two attached hydrogens (primary N) is 1. The number of carbonyl (C=O) groups excluding carboxylic acids is 4. The van der Waals surface area contributed by atoms with Crippen molar-refractivity contribution in [2.24, 2.45) is 0 Å². The number of nitrogen functional groups attached to an aromatic ring is 1. The number of phenols is 1. The van der Waals surface area contributed by atoms with Gasteiger partial charge in [-0.25, -0.2) is 22.0 Å². The zero-order chi connectivity index (χ0) is 84.8. The number of aromatic hydroxyl groups is 1. The van der Waals surface area contributed by atoms with Gasteiger partial charge in [0, 0.05) is 53.2 Å². The van der Waals surface area contributed by atoms with Gasteiger partial charge in [0.05, 0.1) is 59.8 Å². The summed E-state index contributed by atoms with van der Waals surface area (Å²) in [7, 11) is 3.25. The summed E-state index contributed by atoms with van der Waals surface area (Å²) in [5.41, 5.74) is 7.34. The average Bonchev–Trinajstić information content (AvgIpc) is 0.812. The Kier molecular flexibility index (Phi) is 54.7. The van der Waals surface area contributed by atoms with Crippen molar-refractivity contribution in [1.29, 1.82) is 0 Å². The van der Waals surface area contributed by atoms with Gasteiger partial charge in [0.25, 0.3) is 6.47 Å². The van der Waals surface area contributed by atoms with Gasteiger partial charge in [-0.2, -0.15) is 4.39 Å². The maximum absolute atomic E-state index is 14.0. The molecule has 0 radical (unpaired) electrons. The second-order valence-electron chi connectivity index (χ2n) is 22.2. The van der Waals surface area contributed by atoms with Gasteiger partial charge < -0.3 is 62.5 Å². The summed E-state index contributed by atoms with van der Waals surface area (Å²) in [6, 6.07) is 73.6. The molecule has 0 aliphatic rings. The van der Waals surface area contributed by atoms with Gasteiger partial charge in [-0.1, -0.05) is 139 Å². The number of phenolic OH excluding ortho intramolecular Hbond substituents is 1. The minimum absolute atomic E-state index is 0. The van der Waals surface area contributed by atoms with Gasteiger partial charge in [0.1, 0.15) is 69.3 Å². The first kappa shape index (κ1) is 107. The number of hydrogen-bond acceptors (Lipinski definition) is 18. The smallest absolute Gasteiger partial charge is 1.00 e. The van der Waals surface area contributed by atoms with Crippen molar-refractivity contribution in [2.75, 3.05) is 30.2 Å². The molecule has 604 valence electrons. The number of hydrogen-bond donors (Lipinski definition) is 3. The summed E-state index contributed by atoms with van der Waals surface area (Å²) in [4.78, 5) is 64.4. The molecule has 0 heterocycles. The number of ether oxygens (including phenoxy) is 6. The Morgan fingerprint density at radius 1 is 0.500 bits per heavy atom. The Hall–Kier alpha value is -8.54. The Bertz CT molecular complexity index is 5090. The predicted octanol–water partition coefficient (Wildman–Crippen LogP) is 13.3. The number of anilines is 3. The largest absolute Gasteiger partial charge is 1.00 e. The first-order valence-electron chi connectivity index (χ1n) is 33.0. The van der Waals surface area contributed by atoms with E-state index >= 15 is 0 Å². The molecule has 0 saturated carbocycles. The zero-order valence-corrected chi connectivity index (χ0v) is 78.0. The normalized spacial score (nSPS) is 9.39. The molecule has 0 spiro atoms. The van der Waals surface area contributed by atoms with Crippen molar-refractivity contribution < 1.29 is 234 Å². The quantitative estimate of drug-likeness (QED) is 0.00827. The third kappa shape index (κ3) is 42.4. The van der Waals surface area contributed by atoms with Crippen LogP contribution < -0.4 is 182 Å². The summed E-state index contributed by atoms with van der Waals surface area (Å²) in [5, 5.41) is 40.8. The van der Waals surface area contributed by atoms with Crippen LogP contribution in [0.1, 0.15) is 34.8 Å². The zero-order valence-electron chi connectivity index (χ0n) is 66.2. The van der Waals surface area contributed by atoms with Crippen molar-refractivity contribution in [1.82, 2.24) is 0 Å². The van der Waals surface area contributed by atoms with E-state index in [2.05, 4.69) is 69.6 Å². The molecule has 0 bridgehead atoms. The van der Waals surface area contributed by atoms with Gasteiger partial charge in [0.15, 0.2) is 17.2 Å². The van der Waals surface area contributed by atoms with Crippen LogP contribution in [0.25, 0.3) is 0 Å². The fourth-order valence-electron chi connectivity index (χ4n) is 8.63. The van der Waals surface area contributed by atoms with Gasteiger partial charge in [-0.15, -0.1) is 0 Å². The monoisotopic (exact) mass is 1900 g/mol. The summed E-state index contributed by atoms with van der Waals surface area (Å²) in [6.07, 6.45) is 0. The molecule has 12 aromatic rings. The molecule has 12 aromatic carbocycles. The van der Waals surface area contributed by atoms with E-state index in [1.807, 2.05) is 109 Å². The number of nitro benzene ring substituents is 2. The number of rotatable bonds is 18. The SMILES string of the molecule is CC(=O)Cl.CC(=O)Nc1cc(F)ccc1Oc1ccccc1.COc1ccc(Br)c(CBr)c1.COc1ccc(Br)c(CN(C(C)=O)c2cc(F)ccc2Oc2ccccc2)c1.Nc1cc(F)ccc1Oc1ccccc1.O=CO[O-].O=[N+]([O-])c1cc(F)ccc1F.O=[N+]([O-])c1cc(F)ccc1Oc1ccccc1.Oc1ccccc1.[H-].[H-].[K+].[K+].[Na+]. The summed E-state index contributed by atoms with van der Waals surface area (Å²) >= 11 is 15.0. The maximum atomic E-state index is 14.0. The van der Waals surface area contributed by atoms with Crippen LogP contribution in [0.3, 0.4) is 0 Å². The van der Waals surface area contributed by atoms with Crippen LogP contribution in [0.2, 0.25) is 0 Å². The van der Waals surface area contributed by atoms with Gasteiger partial charge in [-0.3, -0.25) is 39.4 Å². The van der Waals surface area contributed by atoms with E-state index in [9.17, 15) is 61.0 Å². The minimum atomic E-state index is -1.03. The van der Waals surface area contributed by atoms with Crippen LogP contribution in [-0.4, -0.2) is 52.7 Å². The van der Waals surface area contributed by atoms with Crippen molar-refractivity contribution in [3.05, 3.63) is 354 Å². The van der Waals surface area contributed by atoms with Crippen molar-refractivity contribution in [3.8, 4) is 63.2 Å². The number of nitrogens with zero attached hydrogens (tertiary/aromatic N) is 3. The number of nitro groups is 2. The number of carbonyl (C=O) groups is 4. The Balaban J connectivity index is 0. The molecule has 0 saturated heterocycles. The topological polar surface area (TPSA) is 304 Å². The molecular formula is C83H72Br3ClF6K2N5NaO17. The summed E-state index contributed by atoms with van der Waals surface area (Å²) in [5.74, 6) is 1.22. The maximum Gasteiger partial charge on any atom is 1.00 e. The first-order valence-corrected chi connectivity index (χ1v) is 36.0. The molecular weight excluding hydrogens is 1830 g/mol. The molecule has 12 rings (SSSR count). The van der Waals surface area contributed by atoms with E-state index in [0.29, 0.717) is 80.9 Å². The fourth-order valence-corrected chi connectivity index (χ4v) is 10.2. The van der Waals surface area contributed by atoms with E-state index < -0.39 is 50.3 Å². The molecule has 0 fully saturated rings. The predicted molar refractivity (Wildman–Crippen MR) is 435 cm³/mol. The average molecular weight is 1900 g/mol. The van der Waals surface area contributed by atoms with Crippen LogP contribution in [0.5, 0.6) is 63.2 Å². The number of para-hydroxylation sites is 5. The van der Waals surface area contributed by atoms with Crippen LogP contribution in [0.15, 0.2) is 288 Å². The Morgan fingerprint density at radius 3 is 1.23 bits per heavy atom. The number of alkyl halides is 1. The van der Waals surface area contributed by atoms with Crippen LogP contribution in [0.4, 0.5) is 54.8 Å². The third-order valence-electron chi connectivity index (χ3n) is 13.7. The van der Waals surface area contributed by atoms with Crippen LogP contribution >= 0.6 is 59.4 Å². The standard InChI is InChI=1S/C22H19BrFNO3.C14H12FNO2.C12H8FNO3.C12H10FNO.C8H8Br2O.C6H3F2NO2.C6H6O.C2H3ClO.CH2O3.2K.Na.2H/c1-15(26)25(14-16-12-19(27-2)9-10-20(16)23)21-13-17(24)8-11-22(21)28-18-6-4-3-5-7-18;1-10(17)16-13-9-11(15)7-8-14(13)18-12-5-3-2-4-6-12;13-9-6-7-12(11(8-9)14(15)16)17-10-4-2-1-3-5-10;13-9-6-7-12(11(14)8-9)15-10-4-2-1-3-5-10;1-11-7-2-3-8(10)6(4-7)5-9;7-4-1-2-5(8)6(3-4)9(10)11;7-6-4-2-1-3-5-6;1-2(3)4;2-1-4-3;;;;;/h3-13H,14H2,1-2H3;2-9H,1H3,(H,16,17);1-8H;1-8H,14H2;2-4H,5H2,1H3;1-3H;1-5,7H;1H3;1,3H;;;;;/q;;;;;;;;;3*+1;2*-1/p-1. The van der Waals surface area contributed by atoms with E-state index in [1.54, 1.807) is 93.1 Å². The molecule has 0 aliphatic carbocycles. The number of nitrogens with one attached hydrogen (secondary N) is 1. The van der Waals surface area contributed by atoms with E-state index in [-0.39, 0.29) is 177 Å². The summed E-state index contributed by atoms with van der Waals surface area (Å²) in [6.45, 7) is 4.13. The van der Waals surface area contributed by atoms with Gasteiger partial charge in [-0.05, 0) is 180 Å². The summed E-state index contributed by atoms with van der Waals surface area (Å²) < 4.78 is 112. The van der Waals surface area contributed by atoms with Crippen molar-refractivity contribution in [3.63, 3.8) is 0 Å². The minimum Gasteiger partial charge on any atom is -1.00 e. The van der Waals surface area contributed by atoms with E-state index in [1.165, 1.54) is 91.9 Å². The molecule has 0 unspecified atom stereocenters. The van der Waals surface area contributed by atoms with Crippen molar-refractivity contribution in [2.45, 2.75) is 32.6 Å². The molecule has 4 N–H and O–H groups in total. The fraction of sp³-hybridized carbons (Fsp3) is 0.0843. The molecule has 35 heteroatoms. The molecule has 22 nitrogen and oxygen atoms in total. The molecule has 0 aromatic heterocycles.